The van der Waals surface area contributed by atoms with Gasteiger partial charge in [0, 0.05) is 26.9 Å². The molecule has 90 valence electrons. The van der Waals surface area contributed by atoms with Crippen molar-refractivity contribution in [3.8, 4) is 5.75 Å². The van der Waals surface area contributed by atoms with Crippen LogP contribution >= 0.6 is 0 Å². The van der Waals surface area contributed by atoms with Crippen LogP contribution in [0.3, 0.4) is 0 Å². The highest BCUT2D eigenvalue weighted by atomic mass is 16.5. The van der Waals surface area contributed by atoms with Crippen LogP contribution in [-0.2, 0) is 34.0 Å². The molecule has 0 bridgehead atoms. The Morgan fingerprint density at radius 2 is 1.44 bits per heavy atom. The molecule has 0 fully saturated rings. The first-order valence-corrected chi connectivity index (χ1v) is 5.04. The van der Waals surface area contributed by atoms with Gasteiger partial charge < -0.3 is 19.3 Å². The van der Waals surface area contributed by atoms with Gasteiger partial charge in [-0.1, -0.05) is 6.07 Å². The molecule has 1 N–H and O–H groups in total. The van der Waals surface area contributed by atoms with Crippen LogP contribution in [0.25, 0.3) is 0 Å². The van der Waals surface area contributed by atoms with Crippen LogP contribution < -0.4 is 0 Å². The predicted molar refractivity (Wildman–Crippen MR) is 60.2 cm³/mol. The fourth-order valence-electron chi connectivity index (χ4n) is 1.65. The Kier molecular flexibility index (Phi) is 5.25. The van der Waals surface area contributed by atoms with Crippen LogP contribution in [-0.4, -0.2) is 26.4 Å². The van der Waals surface area contributed by atoms with Gasteiger partial charge in [0.05, 0.1) is 19.8 Å². The van der Waals surface area contributed by atoms with Gasteiger partial charge in [0.2, 0.25) is 0 Å². The summed E-state index contributed by atoms with van der Waals surface area (Å²) >= 11 is 0. The number of hydrogen-bond acceptors (Lipinski definition) is 4. The molecule has 0 aliphatic carbocycles. The van der Waals surface area contributed by atoms with Gasteiger partial charge in [-0.3, -0.25) is 0 Å². The lowest BCUT2D eigenvalue weighted by Gasteiger charge is -2.15. The van der Waals surface area contributed by atoms with E-state index in [-0.39, 0.29) is 5.75 Å². The molecule has 1 aromatic carbocycles. The predicted octanol–water partition coefficient (Wildman–Crippen LogP) is 1.83. The number of rotatable bonds is 6. The van der Waals surface area contributed by atoms with E-state index in [9.17, 15) is 5.11 Å². The molecule has 4 nitrogen and oxygen atoms in total. The van der Waals surface area contributed by atoms with E-state index in [1.54, 1.807) is 27.4 Å². The van der Waals surface area contributed by atoms with Crippen LogP contribution in [0.4, 0.5) is 0 Å². The molecule has 0 spiro atoms. The first-order valence-electron chi connectivity index (χ1n) is 5.04. The number of phenols is 1. The molecule has 4 heteroatoms. The first kappa shape index (κ1) is 13.0. The van der Waals surface area contributed by atoms with Crippen molar-refractivity contribution in [1.29, 1.82) is 0 Å². The van der Waals surface area contributed by atoms with Gasteiger partial charge in [-0.25, -0.2) is 0 Å². The Hall–Kier alpha value is -1.10. The monoisotopic (exact) mass is 226 g/mol. The first-order chi connectivity index (χ1) is 7.74. The Labute approximate surface area is 95.8 Å². The standard InChI is InChI=1S/C12H18O4/c1-14-6-9-4-5-12(13)11(8-16-3)10(9)7-15-2/h4-5,13H,6-8H2,1-3H3. The number of hydrogen-bond donors (Lipinski definition) is 1. The van der Waals surface area contributed by atoms with Gasteiger partial charge in [0.25, 0.3) is 0 Å². The minimum atomic E-state index is 0.230. The summed E-state index contributed by atoms with van der Waals surface area (Å²) in [4.78, 5) is 0. The zero-order valence-electron chi connectivity index (χ0n) is 9.95. The van der Waals surface area contributed by atoms with E-state index in [1.807, 2.05) is 6.07 Å². The summed E-state index contributed by atoms with van der Waals surface area (Å²) in [7, 11) is 4.86. The largest absolute Gasteiger partial charge is 0.508 e. The average molecular weight is 226 g/mol. The minimum Gasteiger partial charge on any atom is -0.508 e. The zero-order chi connectivity index (χ0) is 12.0. The van der Waals surface area contributed by atoms with Crippen LogP contribution in [0, 0.1) is 0 Å². The Bertz CT molecular complexity index is 336. The second kappa shape index (κ2) is 6.48. The van der Waals surface area contributed by atoms with Gasteiger partial charge in [0.15, 0.2) is 0 Å². The topological polar surface area (TPSA) is 47.9 Å². The van der Waals surface area contributed by atoms with Crippen LogP contribution in [0.5, 0.6) is 5.75 Å². The summed E-state index contributed by atoms with van der Waals surface area (Å²) in [6.07, 6.45) is 0. The minimum absolute atomic E-state index is 0.230. The van der Waals surface area contributed by atoms with Gasteiger partial charge in [-0.05, 0) is 17.2 Å². The maximum Gasteiger partial charge on any atom is 0.121 e. The summed E-state index contributed by atoms with van der Waals surface area (Å²) in [6, 6.07) is 3.49. The highest BCUT2D eigenvalue weighted by molar-refractivity contribution is 5.43. The van der Waals surface area contributed by atoms with E-state index in [0.29, 0.717) is 19.8 Å². The average Bonchev–Trinajstić information content (AvgIpc) is 2.27. The van der Waals surface area contributed by atoms with Crippen LogP contribution in [0.2, 0.25) is 0 Å². The molecule has 0 atom stereocenters. The molecule has 0 saturated carbocycles. The summed E-state index contributed by atoms with van der Waals surface area (Å²) < 4.78 is 15.3. The van der Waals surface area contributed by atoms with E-state index in [1.165, 1.54) is 0 Å². The lowest BCUT2D eigenvalue weighted by atomic mass is 10.0. The fourth-order valence-corrected chi connectivity index (χ4v) is 1.65. The van der Waals surface area contributed by atoms with Crippen molar-refractivity contribution >= 4 is 0 Å². The van der Waals surface area contributed by atoms with Crippen molar-refractivity contribution in [2.45, 2.75) is 19.8 Å². The number of phenolic OH excluding ortho intramolecular Hbond substituents is 1. The van der Waals surface area contributed by atoms with Gasteiger partial charge >= 0.3 is 0 Å². The van der Waals surface area contributed by atoms with Crippen molar-refractivity contribution in [3.63, 3.8) is 0 Å². The van der Waals surface area contributed by atoms with E-state index >= 15 is 0 Å². The number of aromatic hydroxyl groups is 1. The normalized spacial score (nSPS) is 10.7. The van der Waals surface area contributed by atoms with Crippen molar-refractivity contribution in [1.82, 2.24) is 0 Å². The molecule has 0 aliphatic heterocycles. The Morgan fingerprint density at radius 3 is 2.00 bits per heavy atom. The summed E-state index contributed by atoms with van der Waals surface area (Å²) in [6.45, 7) is 1.30. The SMILES string of the molecule is COCc1ccc(O)c(COC)c1COC. The van der Waals surface area contributed by atoms with Crippen LogP contribution in [0.1, 0.15) is 16.7 Å². The lowest BCUT2D eigenvalue weighted by Crippen LogP contribution is -2.04. The Morgan fingerprint density at radius 1 is 0.875 bits per heavy atom. The number of benzene rings is 1. The van der Waals surface area contributed by atoms with Crippen molar-refractivity contribution in [3.05, 3.63) is 28.8 Å². The summed E-state index contributed by atoms with van der Waals surface area (Å²) in [5.74, 6) is 0.230. The molecule has 0 unspecified atom stereocenters. The highest BCUT2D eigenvalue weighted by Gasteiger charge is 2.12. The molecule has 0 heterocycles. The van der Waals surface area contributed by atoms with E-state index < -0.39 is 0 Å². The quantitative estimate of drug-likeness (QED) is 0.804. The lowest BCUT2D eigenvalue weighted by molar-refractivity contribution is 0.157. The maximum absolute atomic E-state index is 9.77. The second-order valence-corrected chi connectivity index (χ2v) is 3.50. The summed E-state index contributed by atoms with van der Waals surface area (Å²) in [5, 5.41) is 9.77. The third kappa shape index (κ3) is 2.95. The molecule has 0 amide bonds. The molecular weight excluding hydrogens is 208 g/mol. The van der Waals surface area contributed by atoms with Crippen LogP contribution in [0.15, 0.2) is 12.1 Å². The number of ether oxygens (including phenoxy) is 3. The van der Waals surface area contributed by atoms with Gasteiger partial charge in [-0.15, -0.1) is 0 Å². The molecule has 16 heavy (non-hydrogen) atoms. The second-order valence-electron chi connectivity index (χ2n) is 3.50. The zero-order valence-corrected chi connectivity index (χ0v) is 9.95. The highest BCUT2D eigenvalue weighted by Crippen LogP contribution is 2.26. The Balaban J connectivity index is 3.14. The molecule has 0 aromatic heterocycles. The van der Waals surface area contributed by atoms with E-state index in [4.69, 9.17) is 14.2 Å². The third-order valence-corrected chi connectivity index (χ3v) is 2.38. The molecule has 0 saturated heterocycles. The summed E-state index contributed by atoms with van der Waals surface area (Å²) in [5.41, 5.74) is 2.71. The van der Waals surface area contributed by atoms with Crippen molar-refractivity contribution < 1.29 is 19.3 Å². The van der Waals surface area contributed by atoms with Gasteiger partial charge in [0.1, 0.15) is 5.75 Å². The third-order valence-electron chi connectivity index (χ3n) is 2.38. The van der Waals surface area contributed by atoms with E-state index in [0.717, 1.165) is 16.7 Å². The fraction of sp³-hybridized carbons (Fsp3) is 0.500. The molecule has 0 aliphatic rings. The van der Waals surface area contributed by atoms with Crippen molar-refractivity contribution in [2.24, 2.45) is 0 Å². The van der Waals surface area contributed by atoms with Crippen molar-refractivity contribution in [2.75, 3.05) is 21.3 Å². The molecule has 1 aromatic rings. The van der Waals surface area contributed by atoms with Gasteiger partial charge in [-0.2, -0.15) is 0 Å². The molecule has 1 rings (SSSR count). The van der Waals surface area contributed by atoms with E-state index in [2.05, 4.69) is 0 Å². The smallest absolute Gasteiger partial charge is 0.121 e. The maximum atomic E-state index is 9.77. The number of methoxy groups -OCH3 is 3. The molecular formula is C12H18O4. The molecule has 0 radical (unpaired) electrons.